The number of hydrogen-bond acceptors (Lipinski definition) is 8. The van der Waals surface area contributed by atoms with Crippen molar-refractivity contribution in [1.29, 1.82) is 5.26 Å². The Morgan fingerprint density at radius 2 is 1.61 bits per heavy atom. The van der Waals surface area contributed by atoms with E-state index in [1.807, 2.05) is 73.0 Å². The number of fused-ring (bicyclic) bond motifs is 1. The third-order valence-corrected chi connectivity index (χ3v) is 9.43. The number of ether oxygens (including phenoxy) is 3. The number of aliphatic hydroxyl groups excluding tert-OH is 1. The molecule has 7 rings (SSSR count). The minimum absolute atomic E-state index is 0.00949. The first-order chi connectivity index (χ1) is 21.5. The van der Waals surface area contributed by atoms with Crippen molar-refractivity contribution in [2.45, 2.75) is 31.1 Å². The molecule has 2 bridgehead atoms. The maximum Gasteiger partial charge on any atom is 0.233 e. The van der Waals surface area contributed by atoms with Crippen LogP contribution in [0.4, 0.5) is 5.13 Å². The normalized spacial score (nSPS) is 21.2. The Labute approximate surface area is 261 Å². The highest BCUT2D eigenvalue weighted by Crippen LogP contribution is 2.63. The number of nitriles is 1. The second-order valence-corrected chi connectivity index (χ2v) is 12.3. The third kappa shape index (κ3) is 5.62. The average Bonchev–Trinajstić information content (AvgIpc) is 3.49. The maximum absolute atomic E-state index is 14.1. The molecule has 1 aromatic heterocycles. The molecule has 8 nitrogen and oxygen atoms in total. The first-order valence-corrected chi connectivity index (χ1v) is 15.7. The molecule has 0 spiro atoms. The smallest absolute Gasteiger partial charge is 0.233 e. The molecule has 1 unspecified atom stereocenters. The SMILES string of the molecule is CC1(C(=O)Nc2nc(Cc3ccc(OCCOCCOCCO)cc3)cs2)CC2(C#N)c3ccccc3C1c1ccccc12. The fourth-order valence-electron chi connectivity index (χ4n) is 6.69. The van der Waals surface area contributed by atoms with Gasteiger partial charge in [-0.05, 0) is 53.3 Å². The van der Waals surface area contributed by atoms with Crippen molar-refractivity contribution < 1.29 is 24.1 Å². The summed E-state index contributed by atoms with van der Waals surface area (Å²) in [6.45, 7) is 4.10. The Balaban J connectivity index is 1.09. The van der Waals surface area contributed by atoms with E-state index in [0.717, 1.165) is 39.3 Å². The molecule has 0 fully saturated rings. The number of carbonyl (C=O) groups is 1. The van der Waals surface area contributed by atoms with Crippen LogP contribution in [-0.2, 0) is 26.1 Å². The largest absolute Gasteiger partial charge is 0.491 e. The molecule has 44 heavy (non-hydrogen) atoms. The quantitative estimate of drug-likeness (QED) is 0.194. The van der Waals surface area contributed by atoms with Crippen LogP contribution in [0.15, 0.2) is 78.2 Å². The Hall–Kier alpha value is -4.07. The summed E-state index contributed by atoms with van der Waals surface area (Å²) in [6.07, 6.45) is 1.04. The molecule has 9 heteroatoms. The van der Waals surface area contributed by atoms with E-state index in [2.05, 4.69) is 23.5 Å². The molecule has 0 saturated carbocycles. The van der Waals surface area contributed by atoms with E-state index >= 15 is 0 Å². The van der Waals surface area contributed by atoms with E-state index in [1.54, 1.807) is 0 Å². The van der Waals surface area contributed by atoms with Gasteiger partial charge in [0.15, 0.2) is 5.13 Å². The minimum Gasteiger partial charge on any atom is -0.491 e. The van der Waals surface area contributed by atoms with Crippen molar-refractivity contribution in [3.8, 4) is 11.8 Å². The van der Waals surface area contributed by atoms with Gasteiger partial charge in [0.05, 0.1) is 50.2 Å². The number of nitrogens with one attached hydrogen (secondary N) is 1. The van der Waals surface area contributed by atoms with Gasteiger partial charge in [0, 0.05) is 17.7 Å². The molecule has 3 aliphatic carbocycles. The second kappa shape index (κ2) is 12.9. The first kappa shape index (κ1) is 30.0. The van der Waals surface area contributed by atoms with Crippen LogP contribution in [0, 0.1) is 16.7 Å². The lowest BCUT2D eigenvalue weighted by atomic mass is 9.47. The minimum atomic E-state index is -0.874. The van der Waals surface area contributed by atoms with Crippen molar-refractivity contribution in [3.63, 3.8) is 0 Å². The summed E-state index contributed by atoms with van der Waals surface area (Å²) in [5, 5.41) is 24.9. The fourth-order valence-corrected chi connectivity index (χ4v) is 7.40. The van der Waals surface area contributed by atoms with Gasteiger partial charge in [0.1, 0.15) is 17.8 Å². The van der Waals surface area contributed by atoms with Crippen molar-refractivity contribution in [2.75, 3.05) is 45.0 Å². The van der Waals surface area contributed by atoms with Gasteiger partial charge in [-0.1, -0.05) is 60.7 Å². The molecule has 226 valence electrons. The highest BCUT2D eigenvalue weighted by atomic mass is 32.1. The van der Waals surface area contributed by atoms with Crippen molar-refractivity contribution >= 4 is 22.4 Å². The van der Waals surface area contributed by atoms with Gasteiger partial charge < -0.3 is 24.6 Å². The molecule has 0 saturated heterocycles. The van der Waals surface area contributed by atoms with Crippen molar-refractivity contribution in [1.82, 2.24) is 4.98 Å². The van der Waals surface area contributed by atoms with Crippen LogP contribution in [0.1, 0.15) is 52.8 Å². The Morgan fingerprint density at radius 1 is 0.977 bits per heavy atom. The number of benzene rings is 3. The van der Waals surface area contributed by atoms with Crippen molar-refractivity contribution in [2.24, 2.45) is 5.41 Å². The lowest BCUT2D eigenvalue weighted by molar-refractivity contribution is -0.127. The summed E-state index contributed by atoms with van der Waals surface area (Å²) in [5.74, 6) is 0.492. The van der Waals surface area contributed by atoms with Gasteiger partial charge in [-0.3, -0.25) is 4.79 Å². The molecular formula is C35H35N3O5S. The van der Waals surface area contributed by atoms with Crippen LogP contribution in [0.2, 0.25) is 0 Å². The van der Waals surface area contributed by atoms with E-state index < -0.39 is 10.8 Å². The van der Waals surface area contributed by atoms with Gasteiger partial charge in [0.2, 0.25) is 5.91 Å². The molecule has 4 aromatic rings. The molecule has 3 aromatic carbocycles. The predicted octanol–water partition coefficient (Wildman–Crippen LogP) is 5.44. The lowest BCUT2D eigenvalue weighted by Gasteiger charge is -2.54. The third-order valence-electron chi connectivity index (χ3n) is 8.63. The number of nitrogens with zero attached hydrogens (tertiary/aromatic N) is 2. The Kier molecular flexibility index (Phi) is 8.78. The number of thiazole rings is 1. The van der Waals surface area contributed by atoms with Crippen LogP contribution in [0.25, 0.3) is 0 Å². The Morgan fingerprint density at radius 3 is 2.27 bits per heavy atom. The van der Waals surface area contributed by atoms with Crippen LogP contribution >= 0.6 is 11.3 Å². The molecule has 1 amide bonds. The summed E-state index contributed by atoms with van der Waals surface area (Å²) in [6, 6.07) is 26.6. The molecule has 3 aliphatic rings. The number of hydrogen-bond donors (Lipinski definition) is 2. The number of aliphatic hydroxyl groups is 1. The molecule has 1 heterocycles. The topological polar surface area (TPSA) is 114 Å². The van der Waals surface area contributed by atoms with Gasteiger partial charge in [0.25, 0.3) is 0 Å². The van der Waals surface area contributed by atoms with Crippen LogP contribution < -0.4 is 10.1 Å². The molecule has 2 N–H and O–H groups in total. The summed E-state index contributed by atoms with van der Waals surface area (Å²) in [4.78, 5) is 18.8. The van der Waals surface area contributed by atoms with Crippen LogP contribution in [0.5, 0.6) is 5.75 Å². The maximum atomic E-state index is 14.1. The summed E-state index contributed by atoms with van der Waals surface area (Å²) < 4.78 is 16.4. The van der Waals surface area contributed by atoms with E-state index in [-0.39, 0.29) is 18.4 Å². The summed E-state index contributed by atoms with van der Waals surface area (Å²) in [5.41, 5.74) is 4.39. The highest BCUT2D eigenvalue weighted by Gasteiger charge is 2.61. The fraction of sp³-hybridized carbons (Fsp3) is 0.343. The van der Waals surface area contributed by atoms with Gasteiger partial charge in [-0.2, -0.15) is 5.26 Å². The van der Waals surface area contributed by atoms with E-state index in [4.69, 9.17) is 24.3 Å². The van der Waals surface area contributed by atoms with Crippen LogP contribution in [0.3, 0.4) is 0 Å². The summed E-state index contributed by atoms with van der Waals surface area (Å²) >= 11 is 1.41. The van der Waals surface area contributed by atoms with Gasteiger partial charge >= 0.3 is 0 Å². The van der Waals surface area contributed by atoms with Gasteiger partial charge in [-0.25, -0.2) is 4.98 Å². The molecule has 0 radical (unpaired) electrons. The average molecular weight is 610 g/mol. The lowest BCUT2D eigenvalue weighted by Crippen LogP contribution is -2.53. The van der Waals surface area contributed by atoms with Crippen molar-refractivity contribution in [3.05, 3.63) is 112 Å². The second-order valence-electron chi connectivity index (χ2n) is 11.4. The number of carbonyl (C=O) groups excluding carboxylic acids is 1. The summed E-state index contributed by atoms with van der Waals surface area (Å²) in [7, 11) is 0. The zero-order valence-electron chi connectivity index (χ0n) is 24.6. The highest BCUT2D eigenvalue weighted by molar-refractivity contribution is 7.13. The molecule has 0 aliphatic heterocycles. The molecular weight excluding hydrogens is 574 g/mol. The van der Waals surface area contributed by atoms with E-state index in [0.29, 0.717) is 51.0 Å². The number of anilines is 1. The predicted molar refractivity (Wildman–Crippen MR) is 168 cm³/mol. The Bertz CT molecular complexity index is 1620. The van der Waals surface area contributed by atoms with Gasteiger partial charge in [-0.15, -0.1) is 11.3 Å². The number of rotatable bonds is 13. The standard InChI is InChI=1S/C35H35N3O5S/c1-34(22-35(23-36)29-8-4-2-6-27(29)31(34)28-7-3-5-9-30(28)35)32(40)38-33-37-25(21-44-33)20-24-10-12-26(13-11-24)43-19-18-42-17-16-41-15-14-39/h2-13,21,31,39H,14-20,22H2,1H3,(H,37,38,40). The zero-order chi connectivity index (χ0) is 30.6. The van der Waals surface area contributed by atoms with E-state index in [1.165, 1.54) is 11.3 Å². The zero-order valence-corrected chi connectivity index (χ0v) is 25.4. The first-order valence-electron chi connectivity index (χ1n) is 14.8. The number of amides is 1. The van der Waals surface area contributed by atoms with Crippen LogP contribution in [-0.4, -0.2) is 55.6 Å². The monoisotopic (exact) mass is 609 g/mol. The molecule has 1 atom stereocenters. The van der Waals surface area contributed by atoms with E-state index in [9.17, 15) is 10.1 Å². The number of aromatic nitrogens is 1.